The molecule has 3 rings (SSSR count). The Morgan fingerprint density at radius 1 is 1.57 bits per heavy atom. The van der Waals surface area contributed by atoms with Crippen LogP contribution in [0.1, 0.15) is 18.7 Å². The molecule has 1 atom stereocenters. The van der Waals surface area contributed by atoms with Crippen molar-refractivity contribution in [3.63, 3.8) is 0 Å². The summed E-state index contributed by atoms with van der Waals surface area (Å²) < 4.78 is 34.6. The lowest BCUT2D eigenvalue weighted by Crippen LogP contribution is -2.40. The average Bonchev–Trinajstić information content (AvgIpc) is 3.22. The molecule has 1 saturated heterocycles. The van der Waals surface area contributed by atoms with Crippen molar-refractivity contribution >= 4 is 27.3 Å². The van der Waals surface area contributed by atoms with Crippen molar-refractivity contribution < 1.29 is 22.5 Å². The highest BCUT2D eigenvalue weighted by atomic mass is 32.2. The SMILES string of the molecule is CS(=O)(=O)N1CCC[C@H]1C(=O)OCc1nc(-c2cccs2)no1. The number of carbonyl (C=O) groups is 1. The van der Waals surface area contributed by atoms with Crippen molar-refractivity contribution in [1.82, 2.24) is 14.4 Å². The van der Waals surface area contributed by atoms with E-state index in [1.54, 1.807) is 0 Å². The smallest absolute Gasteiger partial charge is 0.324 e. The summed E-state index contributed by atoms with van der Waals surface area (Å²) in [5.41, 5.74) is 0. The average molecular weight is 357 g/mol. The molecular weight excluding hydrogens is 342 g/mol. The van der Waals surface area contributed by atoms with E-state index in [1.807, 2.05) is 17.5 Å². The first kappa shape index (κ1) is 16.1. The Morgan fingerprint density at radius 2 is 2.39 bits per heavy atom. The van der Waals surface area contributed by atoms with E-state index < -0.39 is 22.0 Å². The van der Waals surface area contributed by atoms with E-state index in [9.17, 15) is 13.2 Å². The van der Waals surface area contributed by atoms with Crippen LogP contribution in [-0.2, 0) is 26.2 Å². The van der Waals surface area contributed by atoms with Crippen LogP contribution in [0, 0.1) is 0 Å². The fourth-order valence-electron chi connectivity index (χ4n) is 2.42. The second kappa shape index (κ2) is 6.38. The van der Waals surface area contributed by atoms with Crippen LogP contribution in [-0.4, -0.2) is 47.7 Å². The van der Waals surface area contributed by atoms with Gasteiger partial charge in [-0.05, 0) is 24.3 Å². The third kappa shape index (κ3) is 3.59. The first-order valence-electron chi connectivity index (χ1n) is 6.95. The fourth-order valence-corrected chi connectivity index (χ4v) is 4.18. The van der Waals surface area contributed by atoms with Gasteiger partial charge in [-0.25, -0.2) is 8.42 Å². The van der Waals surface area contributed by atoms with Crippen molar-refractivity contribution in [2.75, 3.05) is 12.8 Å². The van der Waals surface area contributed by atoms with Gasteiger partial charge in [-0.2, -0.15) is 9.29 Å². The topological polar surface area (TPSA) is 103 Å². The normalized spacial score (nSPS) is 19.1. The number of sulfonamides is 1. The van der Waals surface area contributed by atoms with Crippen molar-refractivity contribution in [3.8, 4) is 10.7 Å². The van der Waals surface area contributed by atoms with E-state index in [0.29, 0.717) is 25.2 Å². The van der Waals surface area contributed by atoms with Crippen LogP contribution in [0.4, 0.5) is 0 Å². The van der Waals surface area contributed by atoms with E-state index >= 15 is 0 Å². The Kier molecular flexibility index (Phi) is 4.46. The zero-order valence-electron chi connectivity index (χ0n) is 12.3. The molecule has 0 aromatic carbocycles. The lowest BCUT2D eigenvalue weighted by molar-refractivity contribution is -0.149. The summed E-state index contributed by atoms with van der Waals surface area (Å²) >= 11 is 1.47. The Hall–Kier alpha value is -1.78. The number of nitrogens with zero attached hydrogens (tertiary/aromatic N) is 3. The summed E-state index contributed by atoms with van der Waals surface area (Å²) in [4.78, 5) is 17.1. The van der Waals surface area contributed by atoms with Gasteiger partial charge in [0, 0.05) is 6.54 Å². The minimum Gasteiger partial charge on any atom is -0.454 e. The van der Waals surface area contributed by atoms with Crippen LogP contribution in [0.5, 0.6) is 0 Å². The molecule has 0 radical (unpaired) electrons. The number of esters is 1. The Labute approximate surface area is 137 Å². The number of rotatable bonds is 5. The van der Waals surface area contributed by atoms with Crippen molar-refractivity contribution in [3.05, 3.63) is 23.4 Å². The Bertz CT molecular complexity index is 784. The summed E-state index contributed by atoms with van der Waals surface area (Å²) in [6.45, 7) is 0.160. The second-order valence-corrected chi connectivity index (χ2v) is 8.01. The van der Waals surface area contributed by atoms with Gasteiger partial charge in [0.1, 0.15) is 6.04 Å². The maximum Gasteiger partial charge on any atom is 0.324 e. The van der Waals surface area contributed by atoms with Crippen LogP contribution in [0.25, 0.3) is 10.7 Å². The van der Waals surface area contributed by atoms with Crippen molar-refractivity contribution in [2.24, 2.45) is 0 Å². The third-order valence-electron chi connectivity index (χ3n) is 3.45. The monoisotopic (exact) mass is 357 g/mol. The van der Waals surface area contributed by atoms with Crippen LogP contribution in [0.15, 0.2) is 22.0 Å². The van der Waals surface area contributed by atoms with Gasteiger partial charge in [-0.1, -0.05) is 11.2 Å². The van der Waals surface area contributed by atoms with Gasteiger partial charge in [-0.3, -0.25) is 4.79 Å². The van der Waals surface area contributed by atoms with Gasteiger partial charge in [0.25, 0.3) is 5.89 Å². The number of aromatic nitrogens is 2. The van der Waals surface area contributed by atoms with Gasteiger partial charge in [0.15, 0.2) is 6.61 Å². The molecule has 0 N–H and O–H groups in total. The minimum atomic E-state index is -3.42. The number of hydrogen-bond acceptors (Lipinski definition) is 8. The molecule has 23 heavy (non-hydrogen) atoms. The molecule has 124 valence electrons. The molecule has 1 aliphatic rings. The molecule has 2 aromatic heterocycles. The number of hydrogen-bond donors (Lipinski definition) is 0. The molecule has 0 bridgehead atoms. The predicted molar refractivity (Wildman–Crippen MR) is 82.0 cm³/mol. The third-order valence-corrected chi connectivity index (χ3v) is 5.60. The molecule has 8 nitrogen and oxygen atoms in total. The van der Waals surface area contributed by atoms with Gasteiger partial charge in [0.05, 0.1) is 11.1 Å². The summed E-state index contributed by atoms with van der Waals surface area (Å²) in [6.07, 6.45) is 2.18. The number of ether oxygens (including phenoxy) is 1. The van der Waals surface area contributed by atoms with Crippen molar-refractivity contribution in [1.29, 1.82) is 0 Å². The predicted octanol–water partition coefficient (Wildman–Crippen LogP) is 1.27. The first-order chi connectivity index (χ1) is 10.9. The highest BCUT2D eigenvalue weighted by molar-refractivity contribution is 7.88. The molecule has 1 aliphatic heterocycles. The molecule has 0 amide bonds. The zero-order valence-corrected chi connectivity index (χ0v) is 14.0. The van der Waals surface area contributed by atoms with Gasteiger partial charge in [-0.15, -0.1) is 11.3 Å². The molecule has 0 unspecified atom stereocenters. The first-order valence-corrected chi connectivity index (χ1v) is 9.68. The van der Waals surface area contributed by atoms with E-state index in [4.69, 9.17) is 9.26 Å². The van der Waals surface area contributed by atoms with Gasteiger partial charge in [0.2, 0.25) is 15.8 Å². The van der Waals surface area contributed by atoms with Crippen molar-refractivity contribution in [2.45, 2.75) is 25.5 Å². The largest absolute Gasteiger partial charge is 0.454 e. The summed E-state index contributed by atoms with van der Waals surface area (Å²) in [6, 6.07) is 2.95. The maximum absolute atomic E-state index is 12.1. The molecule has 1 fully saturated rings. The molecule has 3 heterocycles. The van der Waals surface area contributed by atoms with E-state index in [0.717, 1.165) is 11.1 Å². The summed E-state index contributed by atoms with van der Waals surface area (Å²) in [7, 11) is -3.42. The minimum absolute atomic E-state index is 0.172. The molecule has 0 saturated carbocycles. The van der Waals surface area contributed by atoms with E-state index in [-0.39, 0.29) is 12.5 Å². The molecule has 0 spiro atoms. The molecule has 10 heteroatoms. The van der Waals surface area contributed by atoms with E-state index in [1.165, 1.54) is 15.6 Å². The molecule has 0 aliphatic carbocycles. The van der Waals surface area contributed by atoms with Crippen LogP contribution < -0.4 is 0 Å². The maximum atomic E-state index is 12.1. The summed E-state index contributed by atoms with van der Waals surface area (Å²) in [5.74, 6) is 0.0131. The number of thiophene rings is 1. The second-order valence-electron chi connectivity index (χ2n) is 5.13. The van der Waals surface area contributed by atoms with Gasteiger partial charge >= 0.3 is 5.97 Å². The molecule has 2 aromatic rings. The lowest BCUT2D eigenvalue weighted by Gasteiger charge is -2.20. The quantitative estimate of drug-likeness (QED) is 0.742. The van der Waals surface area contributed by atoms with Crippen LogP contribution >= 0.6 is 11.3 Å². The lowest BCUT2D eigenvalue weighted by atomic mass is 10.2. The Morgan fingerprint density at radius 3 is 3.09 bits per heavy atom. The highest BCUT2D eigenvalue weighted by Gasteiger charge is 2.37. The summed E-state index contributed by atoms with van der Waals surface area (Å²) in [5, 5.41) is 5.71. The van der Waals surface area contributed by atoms with Crippen LogP contribution in [0.2, 0.25) is 0 Å². The van der Waals surface area contributed by atoms with Crippen LogP contribution in [0.3, 0.4) is 0 Å². The number of carbonyl (C=O) groups excluding carboxylic acids is 1. The zero-order chi connectivity index (χ0) is 16.4. The van der Waals surface area contributed by atoms with E-state index in [2.05, 4.69) is 10.1 Å². The highest BCUT2D eigenvalue weighted by Crippen LogP contribution is 2.23. The molecular formula is C13H15N3O5S2. The fraction of sp³-hybridized carbons (Fsp3) is 0.462. The van der Waals surface area contributed by atoms with Gasteiger partial charge < -0.3 is 9.26 Å². The standard InChI is InChI=1S/C13H15N3O5S2/c1-23(18,19)16-6-2-4-9(16)13(17)20-8-11-14-12(15-21-11)10-5-3-7-22-10/h3,5,7,9H,2,4,6,8H2,1H3/t9-/m0/s1. The Balaban J connectivity index is 1.61.